The van der Waals surface area contributed by atoms with E-state index in [-0.39, 0.29) is 12.2 Å². The molecule has 1 heterocycles. The van der Waals surface area contributed by atoms with Gasteiger partial charge in [0.05, 0.1) is 22.9 Å². The normalized spacial score (nSPS) is 23.3. The van der Waals surface area contributed by atoms with Crippen LogP contribution < -0.4 is 5.32 Å². The van der Waals surface area contributed by atoms with Crippen molar-refractivity contribution < 1.29 is 4.74 Å². The second-order valence-corrected chi connectivity index (χ2v) is 6.43. The first-order valence-electron chi connectivity index (χ1n) is 6.12. The van der Waals surface area contributed by atoms with Gasteiger partial charge in [-0.3, -0.25) is 0 Å². The molecule has 1 aliphatic rings. The minimum atomic E-state index is 0.184. The number of anilines is 1. The van der Waals surface area contributed by atoms with E-state index in [0.29, 0.717) is 10.1 Å². The Morgan fingerprint density at radius 1 is 1.42 bits per heavy atom. The van der Waals surface area contributed by atoms with Crippen LogP contribution in [-0.2, 0) is 4.74 Å². The number of halogens is 2. The van der Waals surface area contributed by atoms with Crippen LogP contribution in [0.1, 0.15) is 13.8 Å². The van der Waals surface area contributed by atoms with Crippen molar-refractivity contribution in [3.05, 3.63) is 27.7 Å². The standard InChI is InChI=1S/C13H16BrClN2OS/c1-8-6-17(7-9(2)18-8)13(19)16-12-4-3-10(14)5-11(12)15/h3-5,8-9H,6-7H2,1-2H3,(H,16,19)/t8-,9+. The molecule has 6 heteroatoms. The summed E-state index contributed by atoms with van der Waals surface area (Å²) in [4.78, 5) is 2.12. The zero-order chi connectivity index (χ0) is 14.0. The van der Waals surface area contributed by atoms with Crippen LogP contribution in [0.3, 0.4) is 0 Å². The Morgan fingerprint density at radius 3 is 2.63 bits per heavy atom. The SMILES string of the molecule is C[C@@H]1CN(C(=S)Nc2ccc(Br)cc2Cl)C[C@H](C)O1. The molecule has 3 nitrogen and oxygen atoms in total. The number of hydrogen-bond donors (Lipinski definition) is 1. The summed E-state index contributed by atoms with van der Waals surface area (Å²) >= 11 is 15.0. The second-order valence-electron chi connectivity index (χ2n) is 4.72. The van der Waals surface area contributed by atoms with E-state index in [1.54, 1.807) is 0 Å². The van der Waals surface area contributed by atoms with Gasteiger partial charge < -0.3 is 15.0 Å². The molecule has 1 saturated heterocycles. The van der Waals surface area contributed by atoms with E-state index in [9.17, 15) is 0 Å². The molecule has 0 saturated carbocycles. The van der Waals surface area contributed by atoms with Crippen LogP contribution in [0.2, 0.25) is 5.02 Å². The maximum Gasteiger partial charge on any atom is 0.173 e. The van der Waals surface area contributed by atoms with E-state index in [0.717, 1.165) is 23.2 Å². The van der Waals surface area contributed by atoms with Gasteiger partial charge in [0.25, 0.3) is 0 Å². The fraction of sp³-hybridized carbons (Fsp3) is 0.462. The average molecular weight is 364 g/mol. The molecule has 19 heavy (non-hydrogen) atoms. The number of morpholine rings is 1. The summed E-state index contributed by atoms with van der Waals surface area (Å²) in [5.74, 6) is 0. The Kier molecular flexibility index (Phi) is 5.06. The molecule has 0 aliphatic carbocycles. The molecular formula is C13H16BrClN2OS. The van der Waals surface area contributed by atoms with Gasteiger partial charge in [0.15, 0.2) is 5.11 Å². The highest BCUT2D eigenvalue weighted by molar-refractivity contribution is 9.10. The van der Waals surface area contributed by atoms with Gasteiger partial charge >= 0.3 is 0 Å². The minimum absolute atomic E-state index is 0.184. The molecule has 0 bridgehead atoms. The van der Waals surface area contributed by atoms with Crippen molar-refractivity contribution in [2.75, 3.05) is 18.4 Å². The summed E-state index contributed by atoms with van der Waals surface area (Å²) in [6.45, 7) is 5.70. The lowest BCUT2D eigenvalue weighted by molar-refractivity contribution is -0.0473. The Bertz CT molecular complexity index is 476. The summed E-state index contributed by atoms with van der Waals surface area (Å²) in [5, 5.41) is 4.53. The van der Waals surface area contributed by atoms with Crippen molar-refractivity contribution in [2.45, 2.75) is 26.1 Å². The lowest BCUT2D eigenvalue weighted by Gasteiger charge is -2.37. The van der Waals surface area contributed by atoms with E-state index < -0.39 is 0 Å². The highest BCUT2D eigenvalue weighted by Gasteiger charge is 2.24. The molecule has 1 aromatic rings. The maximum atomic E-state index is 6.17. The van der Waals surface area contributed by atoms with Crippen LogP contribution >= 0.6 is 39.7 Å². The highest BCUT2D eigenvalue weighted by atomic mass is 79.9. The Balaban J connectivity index is 2.04. The first-order valence-corrected chi connectivity index (χ1v) is 7.70. The van der Waals surface area contributed by atoms with E-state index in [1.807, 2.05) is 18.2 Å². The van der Waals surface area contributed by atoms with Gasteiger partial charge in [-0.05, 0) is 44.3 Å². The lowest BCUT2D eigenvalue weighted by atomic mass is 10.2. The van der Waals surface area contributed by atoms with Crippen molar-refractivity contribution >= 4 is 50.5 Å². The quantitative estimate of drug-likeness (QED) is 0.765. The molecule has 1 aromatic carbocycles. The summed E-state index contributed by atoms with van der Waals surface area (Å²) in [5.41, 5.74) is 0.821. The van der Waals surface area contributed by atoms with Crippen LogP contribution in [0.15, 0.2) is 22.7 Å². The van der Waals surface area contributed by atoms with Gasteiger partial charge in [0.1, 0.15) is 0 Å². The molecule has 0 amide bonds. The minimum Gasteiger partial charge on any atom is -0.372 e. The van der Waals surface area contributed by atoms with Gasteiger partial charge in [-0.2, -0.15) is 0 Å². The molecule has 0 radical (unpaired) electrons. The average Bonchev–Trinajstić information content (AvgIpc) is 2.31. The number of nitrogens with one attached hydrogen (secondary N) is 1. The molecular weight excluding hydrogens is 348 g/mol. The van der Waals surface area contributed by atoms with E-state index in [4.69, 9.17) is 28.6 Å². The number of thiocarbonyl (C=S) groups is 1. The van der Waals surface area contributed by atoms with Gasteiger partial charge in [-0.1, -0.05) is 27.5 Å². The molecule has 1 fully saturated rings. The Hall–Kier alpha value is -0.360. The van der Waals surface area contributed by atoms with Crippen LogP contribution in [0.4, 0.5) is 5.69 Å². The molecule has 1 aliphatic heterocycles. The van der Waals surface area contributed by atoms with E-state index >= 15 is 0 Å². The van der Waals surface area contributed by atoms with Crippen molar-refractivity contribution in [2.24, 2.45) is 0 Å². The largest absolute Gasteiger partial charge is 0.372 e. The molecule has 2 atom stereocenters. The number of benzene rings is 1. The molecule has 104 valence electrons. The van der Waals surface area contributed by atoms with Crippen molar-refractivity contribution in [3.63, 3.8) is 0 Å². The van der Waals surface area contributed by atoms with Gasteiger partial charge in [-0.25, -0.2) is 0 Å². The smallest absolute Gasteiger partial charge is 0.173 e. The number of ether oxygens (including phenoxy) is 1. The van der Waals surface area contributed by atoms with Crippen LogP contribution in [-0.4, -0.2) is 35.3 Å². The number of hydrogen-bond acceptors (Lipinski definition) is 2. The molecule has 2 rings (SSSR count). The van der Waals surface area contributed by atoms with Crippen LogP contribution in [0.5, 0.6) is 0 Å². The summed E-state index contributed by atoms with van der Waals surface area (Å²) < 4.78 is 6.64. The van der Waals surface area contributed by atoms with Crippen LogP contribution in [0.25, 0.3) is 0 Å². The van der Waals surface area contributed by atoms with Gasteiger partial charge in [0, 0.05) is 17.6 Å². The lowest BCUT2D eigenvalue weighted by Crippen LogP contribution is -2.49. The van der Waals surface area contributed by atoms with E-state index in [1.165, 1.54) is 0 Å². The van der Waals surface area contributed by atoms with Gasteiger partial charge in [-0.15, -0.1) is 0 Å². The third-order valence-corrected chi connectivity index (χ3v) is 4.05. The third kappa shape index (κ3) is 4.05. The molecule has 1 N–H and O–H groups in total. The van der Waals surface area contributed by atoms with Crippen molar-refractivity contribution in [1.82, 2.24) is 4.90 Å². The van der Waals surface area contributed by atoms with E-state index in [2.05, 4.69) is 40.0 Å². The molecule has 0 unspecified atom stereocenters. The second kappa shape index (κ2) is 6.39. The zero-order valence-electron chi connectivity index (χ0n) is 10.8. The Morgan fingerprint density at radius 2 is 2.05 bits per heavy atom. The van der Waals surface area contributed by atoms with Crippen molar-refractivity contribution in [3.8, 4) is 0 Å². The Labute approximate surface area is 132 Å². The third-order valence-electron chi connectivity index (χ3n) is 2.88. The topological polar surface area (TPSA) is 24.5 Å². The molecule has 0 spiro atoms. The maximum absolute atomic E-state index is 6.17. The predicted octanol–water partition coefficient (Wildman–Crippen LogP) is 3.91. The zero-order valence-corrected chi connectivity index (χ0v) is 14.0. The van der Waals surface area contributed by atoms with Crippen LogP contribution in [0, 0.1) is 0 Å². The highest BCUT2D eigenvalue weighted by Crippen LogP contribution is 2.26. The summed E-state index contributed by atoms with van der Waals surface area (Å²) in [6.07, 6.45) is 0.368. The fourth-order valence-electron chi connectivity index (χ4n) is 2.13. The first kappa shape index (κ1) is 15.0. The number of rotatable bonds is 1. The summed E-state index contributed by atoms with van der Waals surface area (Å²) in [6, 6.07) is 5.68. The molecule has 0 aromatic heterocycles. The van der Waals surface area contributed by atoms with Gasteiger partial charge in [0.2, 0.25) is 0 Å². The predicted molar refractivity (Wildman–Crippen MR) is 87.0 cm³/mol. The summed E-state index contributed by atoms with van der Waals surface area (Å²) in [7, 11) is 0. The monoisotopic (exact) mass is 362 g/mol. The first-order chi connectivity index (χ1) is 8.95. The van der Waals surface area contributed by atoms with Crippen molar-refractivity contribution in [1.29, 1.82) is 0 Å². The number of nitrogens with zero attached hydrogens (tertiary/aromatic N) is 1. The fourth-order valence-corrected chi connectivity index (χ4v) is 3.11.